The van der Waals surface area contributed by atoms with Crippen molar-refractivity contribution in [3.8, 4) is 0 Å². The molecule has 20 heavy (non-hydrogen) atoms. The molecule has 0 fully saturated rings. The summed E-state index contributed by atoms with van der Waals surface area (Å²) in [6, 6.07) is 15.7. The van der Waals surface area contributed by atoms with Crippen molar-refractivity contribution < 1.29 is 9.53 Å². The molecule has 0 atom stereocenters. The van der Waals surface area contributed by atoms with Crippen molar-refractivity contribution in [2.24, 2.45) is 0 Å². The standard InChI is InChI=1S/C16H16BrNO2/c1-18(14-6-4-3-5-7-14)11-13-9-8-12(10-15(13)17)16(19)20-2/h3-10H,11H2,1-2H3. The second-order valence-electron chi connectivity index (χ2n) is 4.49. The van der Waals surface area contributed by atoms with Gasteiger partial charge in [0.25, 0.3) is 0 Å². The summed E-state index contributed by atoms with van der Waals surface area (Å²) in [4.78, 5) is 13.6. The highest BCUT2D eigenvalue weighted by atomic mass is 79.9. The van der Waals surface area contributed by atoms with E-state index in [2.05, 4.69) is 33.0 Å². The molecule has 0 spiro atoms. The number of carbonyl (C=O) groups is 1. The topological polar surface area (TPSA) is 29.5 Å². The predicted octanol–water partition coefficient (Wildman–Crippen LogP) is 3.87. The first-order valence-corrected chi connectivity index (χ1v) is 7.04. The van der Waals surface area contributed by atoms with E-state index in [1.807, 2.05) is 31.3 Å². The maximum atomic E-state index is 11.5. The van der Waals surface area contributed by atoms with Gasteiger partial charge >= 0.3 is 5.97 Å². The summed E-state index contributed by atoms with van der Waals surface area (Å²) in [5, 5.41) is 0. The number of benzene rings is 2. The Kier molecular flexibility index (Phi) is 4.79. The lowest BCUT2D eigenvalue weighted by Gasteiger charge is -2.20. The minimum atomic E-state index is -0.325. The van der Waals surface area contributed by atoms with Crippen molar-refractivity contribution in [3.05, 3.63) is 64.1 Å². The molecule has 3 nitrogen and oxygen atoms in total. The van der Waals surface area contributed by atoms with Crippen LogP contribution >= 0.6 is 15.9 Å². The molecule has 0 saturated carbocycles. The Hall–Kier alpha value is -1.81. The van der Waals surface area contributed by atoms with Crippen LogP contribution in [0, 0.1) is 0 Å². The molecule has 0 radical (unpaired) electrons. The van der Waals surface area contributed by atoms with Crippen LogP contribution < -0.4 is 4.90 Å². The van der Waals surface area contributed by atoms with Gasteiger partial charge < -0.3 is 9.64 Å². The zero-order chi connectivity index (χ0) is 14.5. The summed E-state index contributed by atoms with van der Waals surface area (Å²) in [5.74, 6) is -0.325. The number of hydrogen-bond acceptors (Lipinski definition) is 3. The van der Waals surface area contributed by atoms with Gasteiger partial charge in [0.2, 0.25) is 0 Å². The van der Waals surface area contributed by atoms with Gasteiger partial charge in [-0.2, -0.15) is 0 Å². The lowest BCUT2D eigenvalue weighted by Crippen LogP contribution is -2.16. The van der Waals surface area contributed by atoms with Crippen LogP contribution in [0.15, 0.2) is 53.0 Å². The number of ether oxygens (including phenoxy) is 1. The molecule has 104 valence electrons. The lowest BCUT2D eigenvalue weighted by molar-refractivity contribution is 0.0600. The molecule has 0 heterocycles. The van der Waals surface area contributed by atoms with Gasteiger partial charge in [0.05, 0.1) is 12.7 Å². The third-order valence-electron chi connectivity index (χ3n) is 3.08. The number of anilines is 1. The highest BCUT2D eigenvalue weighted by molar-refractivity contribution is 9.10. The molecule has 4 heteroatoms. The van der Waals surface area contributed by atoms with Gasteiger partial charge in [-0.25, -0.2) is 4.79 Å². The molecule has 2 aromatic carbocycles. The van der Waals surface area contributed by atoms with Gasteiger partial charge in [0.1, 0.15) is 0 Å². The Bertz CT molecular complexity index is 599. The fraction of sp³-hybridized carbons (Fsp3) is 0.188. The van der Waals surface area contributed by atoms with Crippen LogP contribution in [0.3, 0.4) is 0 Å². The van der Waals surface area contributed by atoms with Crippen LogP contribution in [-0.2, 0) is 11.3 Å². The molecule has 0 bridgehead atoms. The molecular weight excluding hydrogens is 318 g/mol. The Labute approximate surface area is 127 Å². The predicted molar refractivity (Wildman–Crippen MR) is 84.0 cm³/mol. The summed E-state index contributed by atoms with van der Waals surface area (Å²) < 4.78 is 5.62. The third kappa shape index (κ3) is 3.39. The maximum Gasteiger partial charge on any atom is 0.337 e. The van der Waals surface area contributed by atoms with Gasteiger partial charge in [0, 0.05) is 23.8 Å². The average Bonchev–Trinajstić information content (AvgIpc) is 2.49. The molecule has 0 aromatic heterocycles. The van der Waals surface area contributed by atoms with Crippen LogP contribution in [0.1, 0.15) is 15.9 Å². The third-order valence-corrected chi connectivity index (χ3v) is 3.82. The fourth-order valence-corrected chi connectivity index (χ4v) is 2.45. The number of esters is 1. The first kappa shape index (κ1) is 14.6. The van der Waals surface area contributed by atoms with E-state index < -0.39 is 0 Å². The minimum Gasteiger partial charge on any atom is -0.465 e. The normalized spacial score (nSPS) is 10.2. The summed E-state index contributed by atoms with van der Waals surface area (Å²) >= 11 is 3.51. The number of nitrogens with zero attached hydrogens (tertiary/aromatic N) is 1. The molecular formula is C16H16BrNO2. The summed E-state index contributed by atoms with van der Waals surface area (Å²) in [7, 11) is 3.42. The van der Waals surface area contributed by atoms with E-state index in [4.69, 9.17) is 4.74 Å². The van der Waals surface area contributed by atoms with E-state index in [0.717, 1.165) is 22.3 Å². The smallest absolute Gasteiger partial charge is 0.337 e. The molecule has 2 rings (SSSR count). The van der Waals surface area contributed by atoms with Crippen molar-refractivity contribution in [2.45, 2.75) is 6.54 Å². The minimum absolute atomic E-state index is 0.325. The Morgan fingerprint density at radius 2 is 1.90 bits per heavy atom. The maximum absolute atomic E-state index is 11.5. The van der Waals surface area contributed by atoms with Crippen molar-refractivity contribution in [3.63, 3.8) is 0 Å². The number of carbonyl (C=O) groups excluding carboxylic acids is 1. The Morgan fingerprint density at radius 3 is 2.50 bits per heavy atom. The van der Waals surface area contributed by atoms with E-state index in [9.17, 15) is 4.79 Å². The zero-order valence-corrected chi connectivity index (χ0v) is 13.1. The highest BCUT2D eigenvalue weighted by Gasteiger charge is 2.10. The molecule has 0 aliphatic rings. The number of halogens is 1. The molecule has 0 N–H and O–H groups in total. The second kappa shape index (κ2) is 6.57. The highest BCUT2D eigenvalue weighted by Crippen LogP contribution is 2.22. The van der Waals surface area contributed by atoms with Gasteiger partial charge in [-0.05, 0) is 29.8 Å². The summed E-state index contributed by atoms with van der Waals surface area (Å²) in [6.07, 6.45) is 0. The van der Waals surface area contributed by atoms with Gasteiger partial charge in [0.15, 0.2) is 0 Å². The number of para-hydroxylation sites is 1. The molecule has 0 amide bonds. The van der Waals surface area contributed by atoms with Crippen LogP contribution in [0.5, 0.6) is 0 Å². The van der Waals surface area contributed by atoms with Gasteiger partial charge in [-0.1, -0.05) is 40.2 Å². The second-order valence-corrected chi connectivity index (χ2v) is 5.34. The Morgan fingerprint density at radius 1 is 1.20 bits per heavy atom. The number of hydrogen-bond donors (Lipinski definition) is 0. The summed E-state index contributed by atoms with van der Waals surface area (Å²) in [5.41, 5.74) is 2.81. The van der Waals surface area contributed by atoms with Gasteiger partial charge in [-0.15, -0.1) is 0 Å². The number of rotatable bonds is 4. The quantitative estimate of drug-likeness (QED) is 0.795. The largest absolute Gasteiger partial charge is 0.465 e. The Balaban J connectivity index is 2.16. The SMILES string of the molecule is COC(=O)c1ccc(CN(C)c2ccccc2)c(Br)c1. The zero-order valence-electron chi connectivity index (χ0n) is 11.5. The molecule has 0 aliphatic heterocycles. The van der Waals surface area contributed by atoms with E-state index in [1.54, 1.807) is 12.1 Å². The lowest BCUT2D eigenvalue weighted by atomic mass is 10.1. The van der Waals surface area contributed by atoms with Crippen LogP contribution in [-0.4, -0.2) is 20.1 Å². The molecule has 0 saturated heterocycles. The van der Waals surface area contributed by atoms with E-state index in [0.29, 0.717) is 5.56 Å². The van der Waals surface area contributed by atoms with Crippen molar-refractivity contribution in [2.75, 3.05) is 19.1 Å². The van der Waals surface area contributed by atoms with Crippen LogP contribution in [0.4, 0.5) is 5.69 Å². The van der Waals surface area contributed by atoms with Crippen molar-refractivity contribution in [1.29, 1.82) is 0 Å². The summed E-state index contributed by atoms with van der Waals surface area (Å²) in [6.45, 7) is 0.756. The average molecular weight is 334 g/mol. The first-order valence-electron chi connectivity index (χ1n) is 6.24. The van der Waals surface area contributed by atoms with Crippen LogP contribution in [0.2, 0.25) is 0 Å². The van der Waals surface area contributed by atoms with Crippen molar-refractivity contribution in [1.82, 2.24) is 0 Å². The fourth-order valence-electron chi connectivity index (χ4n) is 1.95. The van der Waals surface area contributed by atoms with Gasteiger partial charge in [-0.3, -0.25) is 0 Å². The first-order chi connectivity index (χ1) is 9.61. The van der Waals surface area contributed by atoms with Crippen molar-refractivity contribution >= 4 is 27.6 Å². The monoisotopic (exact) mass is 333 g/mol. The molecule has 0 unspecified atom stereocenters. The van der Waals surface area contributed by atoms with E-state index in [1.165, 1.54) is 7.11 Å². The molecule has 0 aliphatic carbocycles. The van der Waals surface area contributed by atoms with E-state index in [-0.39, 0.29) is 5.97 Å². The number of methoxy groups -OCH3 is 1. The van der Waals surface area contributed by atoms with E-state index >= 15 is 0 Å². The van der Waals surface area contributed by atoms with Crippen LogP contribution in [0.25, 0.3) is 0 Å². The molecule has 2 aromatic rings.